The Kier molecular flexibility index (Phi) is 5.44. The first-order chi connectivity index (χ1) is 9.63. The average molecular weight is 318 g/mol. The molecule has 0 saturated heterocycles. The van der Waals surface area contributed by atoms with Crippen molar-refractivity contribution >= 4 is 21.9 Å². The number of carbonyl (C=O) groups is 2. The molecule has 0 aliphatic heterocycles. The number of hydrogen-bond donors (Lipinski definition) is 3. The van der Waals surface area contributed by atoms with Crippen LogP contribution < -0.4 is 10.0 Å². The lowest BCUT2D eigenvalue weighted by Gasteiger charge is -2.17. The van der Waals surface area contributed by atoms with Gasteiger partial charge in [-0.2, -0.15) is 0 Å². The van der Waals surface area contributed by atoms with Gasteiger partial charge in [-0.15, -0.1) is 0 Å². The monoisotopic (exact) mass is 318 g/mol. The zero-order valence-corrected chi connectivity index (χ0v) is 12.7. The summed E-state index contributed by atoms with van der Waals surface area (Å²) in [5.41, 5.74) is 0. The van der Waals surface area contributed by atoms with Crippen LogP contribution in [0.3, 0.4) is 0 Å². The van der Waals surface area contributed by atoms with Crippen molar-refractivity contribution in [3.05, 3.63) is 12.5 Å². The summed E-state index contributed by atoms with van der Waals surface area (Å²) in [6, 6.07) is -1.07. The van der Waals surface area contributed by atoms with Gasteiger partial charge in [-0.3, -0.25) is 4.79 Å². The molecule has 3 N–H and O–H groups in total. The van der Waals surface area contributed by atoms with Crippen molar-refractivity contribution in [3.63, 3.8) is 0 Å². The van der Waals surface area contributed by atoms with E-state index in [1.165, 1.54) is 17.1 Å². The number of carboxylic acid groups (broad SMARTS) is 1. The molecule has 0 aliphatic rings. The zero-order valence-electron chi connectivity index (χ0n) is 11.9. The minimum absolute atomic E-state index is 0.212. The molecule has 0 bridgehead atoms. The topological polar surface area (TPSA) is 130 Å². The molecule has 1 rings (SSSR count). The van der Waals surface area contributed by atoms with Crippen LogP contribution in [0.5, 0.6) is 0 Å². The number of aliphatic carboxylic acids is 1. The molecular formula is C11H18N4O5S. The summed E-state index contributed by atoms with van der Waals surface area (Å²) in [5, 5.41) is 11.0. The molecule has 0 aromatic carbocycles. The standard InChI is InChI=1S/C11H18N4O5S/c1-7(2)10(11(17)18)14-8(16)4-13-21(19,20)9-5-15(3)6-12-9/h5-7,10,13H,4H2,1-3H3,(H,14,16)(H,17,18)/t10-/m0/s1. The molecule has 21 heavy (non-hydrogen) atoms. The van der Waals surface area contributed by atoms with E-state index in [1.54, 1.807) is 20.9 Å². The van der Waals surface area contributed by atoms with Crippen molar-refractivity contribution in [1.82, 2.24) is 19.6 Å². The van der Waals surface area contributed by atoms with Crippen molar-refractivity contribution < 1.29 is 23.1 Å². The number of amides is 1. The molecule has 1 aromatic heterocycles. The van der Waals surface area contributed by atoms with Crippen molar-refractivity contribution in [3.8, 4) is 0 Å². The highest BCUT2D eigenvalue weighted by Crippen LogP contribution is 2.04. The summed E-state index contributed by atoms with van der Waals surface area (Å²) < 4.78 is 27.2. The maximum atomic E-state index is 11.8. The van der Waals surface area contributed by atoms with Gasteiger partial charge in [-0.05, 0) is 5.92 Å². The Morgan fingerprint density at radius 2 is 2.05 bits per heavy atom. The largest absolute Gasteiger partial charge is 0.480 e. The Labute approximate surface area is 122 Å². The molecule has 1 aromatic rings. The third-order valence-electron chi connectivity index (χ3n) is 2.63. The Balaban J connectivity index is 2.62. The van der Waals surface area contributed by atoms with Gasteiger partial charge in [0.2, 0.25) is 5.91 Å². The molecule has 0 radical (unpaired) electrons. The van der Waals surface area contributed by atoms with Gasteiger partial charge in [0.1, 0.15) is 6.04 Å². The van der Waals surface area contributed by atoms with E-state index in [9.17, 15) is 18.0 Å². The first-order valence-corrected chi connectivity index (χ1v) is 7.61. The predicted molar refractivity (Wildman–Crippen MR) is 72.8 cm³/mol. The highest BCUT2D eigenvalue weighted by Gasteiger charge is 2.24. The lowest BCUT2D eigenvalue weighted by Crippen LogP contribution is -2.48. The molecule has 1 amide bonds. The lowest BCUT2D eigenvalue weighted by molar-refractivity contribution is -0.142. The van der Waals surface area contributed by atoms with E-state index >= 15 is 0 Å². The number of aromatic nitrogens is 2. The Bertz CT molecular complexity index is 622. The molecule has 0 saturated carbocycles. The van der Waals surface area contributed by atoms with Crippen LogP contribution in [0.25, 0.3) is 0 Å². The minimum atomic E-state index is -3.90. The summed E-state index contributed by atoms with van der Waals surface area (Å²) in [6.07, 6.45) is 2.60. The van der Waals surface area contributed by atoms with Crippen LogP contribution in [0.2, 0.25) is 0 Å². The fourth-order valence-corrected chi connectivity index (χ4v) is 2.46. The second-order valence-electron chi connectivity index (χ2n) is 4.83. The number of rotatable bonds is 7. The van der Waals surface area contributed by atoms with E-state index in [1.807, 2.05) is 0 Å². The molecule has 0 fully saturated rings. The third kappa shape index (κ3) is 4.83. The van der Waals surface area contributed by atoms with Gasteiger partial charge in [0.05, 0.1) is 12.9 Å². The van der Waals surface area contributed by atoms with Crippen LogP contribution in [0.4, 0.5) is 0 Å². The predicted octanol–water partition coefficient (Wildman–Crippen LogP) is -1.08. The number of carbonyl (C=O) groups excluding carboxylic acids is 1. The molecular weight excluding hydrogens is 300 g/mol. The SMILES string of the molecule is CC(C)[C@H](NC(=O)CNS(=O)(=O)c1cn(C)cn1)C(=O)O. The van der Waals surface area contributed by atoms with Crippen LogP contribution in [0, 0.1) is 5.92 Å². The second kappa shape index (κ2) is 6.68. The zero-order chi connectivity index (χ0) is 16.2. The van der Waals surface area contributed by atoms with E-state index in [-0.39, 0.29) is 10.9 Å². The molecule has 118 valence electrons. The van der Waals surface area contributed by atoms with Crippen molar-refractivity contribution in [2.24, 2.45) is 13.0 Å². The van der Waals surface area contributed by atoms with Gasteiger partial charge in [0, 0.05) is 13.2 Å². The maximum Gasteiger partial charge on any atom is 0.326 e. The van der Waals surface area contributed by atoms with Gasteiger partial charge >= 0.3 is 5.97 Å². The smallest absolute Gasteiger partial charge is 0.326 e. The van der Waals surface area contributed by atoms with Crippen molar-refractivity contribution in [1.29, 1.82) is 0 Å². The normalized spacial score (nSPS) is 13.1. The van der Waals surface area contributed by atoms with E-state index in [4.69, 9.17) is 5.11 Å². The van der Waals surface area contributed by atoms with Crippen LogP contribution in [-0.4, -0.2) is 47.5 Å². The average Bonchev–Trinajstić information content (AvgIpc) is 2.80. The van der Waals surface area contributed by atoms with E-state index in [0.717, 1.165) is 0 Å². The van der Waals surface area contributed by atoms with Crippen molar-refractivity contribution in [2.75, 3.05) is 6.54 Å². The van der Waals surface area contributed by atoms with Gasteiger partial charge in [-0.1, -0.05) is 13.8 Å². The van der Waals surface area contributed by atoms with Crippen molar-refractivity contribution in [2.45, 2.75) is 24.9 Å². The number of aryl methyl sites for hydroxylation is 1. The molecule has 0 unspecified atom stereocenters. The third-order valence-corrected chi connectivity index (χ3v) is 3.91. The van der Waals surface area contributed by atoms with E-state index < -0.39 is 34.5 Å². The fraction of sp³-hybridized carbons (Fsp3) is 0.545. The molecule has 0 aliphatic carbocycles. The summed E-state index contributed by atoms with van der Waals surface area (Å²) >= 11 is 0. The molecule has 10 heteroatoms. The summed E-state index contributed by atoms with van der Waals surface area (Å²) in [7, 11) is -2.29. The molecule has 1 atom stereocenters. The second-order valence-corrected chi connectivity index (χ2v) is 6.54. The lowest BCUT2D eigenvalue weighted by atomic mass is 10.1. The first kappa shape index (κ1) is 17.1. The van der Waals surface area contributed by atoms with Gasteiger partial charge in [-0.25, -0.2) is 22.9 Å². The van der Waals surface area contributed by atoms with Gasteiger partial charge in [0.25, 0.3) is 10.0 Å². The Morgan fingerprint density at radius 1 is 1.43 bits per heavy atom. The summed E-state index contributed by atoms with van der Waals surface area (Å²) in [4.78, 5) is 26.2. The summed E-state index contributed by atoms with van der Waals surface area (Å²) in [6.45, 7) is 2.71. The number of imidazole rings is 1. The highest BCUT2D eigenvalue weighted by atomic mass is 32.2. The van der Waals surface area contributed by atoms with Crippen LogP contribution in [0.1, 0.15) is 13.8 Å². The molecule has 0 spiro atoms. The highest BCUT2D eigenvalue weighted by molar-refractivity contribution is 7.89. The fourth-order valence-electron chi connectivity index (χ4n) is 1.50. The van der Waals surface area contributed by atoms with Crippen LogP contribution in [-0.2, 0) is 26.7 Å². The van der Waals surface area contributed by atoms with Crippen LogP contribution >= 0.6 is 0 Å². The van der Waals surface area contributed by atoms with Gasteiger partial charge in [0.15, 0.2) is 5.03 Å². The Morgan fingerprint density at radius 3 is 2.48 bits per heavy atom. The number of carboxylic acids is 1. The first-order valence-electron chi connectivity index (χ1n) is 6.13. The number of nitrogens with zero attached hydrogens (tertiary/aromatic N) is 2. The van der Waals surface area contributed by atoms with E-state index in [2.05, 4.69) is 15.0 Å². The number of hydrogen-bond acceptors (Lipinski definition) is 5. The molecule has 9 nitrogen and oxygen atoms in total. The van der Waals surface area contributed by atoms with Gasteiger partial charge < -0.3 is 15.0 Å². The van der Waals surface area contributed by atoms with Crippen LogP contribution in [0.15, 0.2) is 17.6 Å². The number of nitrogens with one attached hydrogen (secondary N) is 2. The Hall–Kier alpha value is -1.94. The number of sulfonamides is 1. The minimum Gasteiger partial charge on any atom is -0.480 e. The maximum absolute atomic E-state index is 11.8. The quantitative estimate of drug-likeness (QED) is 0.586. The molecule has 1 heterocycles. The van der Waals surface area contributed by atoms with E-state index in [0.29, 0.717) is 0 Å². The summed E-state index contributed by atoms with van der Waals surface area (Å²) in [5.74, 6) is -2.22.